The van der Waals surface area contributed by atoms with Gasteiger partial charge in [-0.25, -0.2) is 4.98 Å². The van der Waals surface area contributed by atoms with Crippen LogP contribution in [-0.2, 0) is 13.6 Å². The molecule has 0 N–H and O–H groups in total. The van der Waals surface area contributed by atoms with Gasteiger partial charge in [0.15, 0.2) is 5.13 Å². The Morgan fingerprint density at radius 1 is 1.15 bits per heavy atom. The Morgan fingerprint density at radius 2 is 2.00 bits per heavy atom. The van der Waals surface area contributed by atoms with Gasteiger partial charge in [0.25, 0.3) is 5.91 Å². The van der Waals surface area contributed by atoms with E-state index in [1.54, 1.807) is 35.2 Å². The maximum atomic E-state index is 13.4. The van der Waals surface area contributed by atoms with Gasteiger partial charge >= 0.3 is 0 Å². The zero-order valence-corrected chi connectivity index (χ0v) is 16.2. The fourth-order valence-corrected chi connectivity index (χ4v) is 4.11. The van der Waals surface area contributed by atoms with Crippen LogP contribution in [0.5, 0.6) is 0 Å². The highest BCUT2D eigenvalue weighted by molar-refractivity contribution is 7.22. The molecule has 3 heterocycles. The zero-order chi connectivity index (χ0) is 19.0. The van der Waals surface area contributed by atoms with Crippen LogP contribution in [0.15, 0.2) is 48.9 Å². The number of fused-ring (bicyclic) bond motifs is 1. The van der Waals surface area contributed by atoms with E-state index in [0.717, 1.165) is 26.9 Å². The van der Waals surface area contributed by atoms with E-state index in [0.29, 0.717) is 17.4 Å². The molecule has 136 valence electrons. The van der Waals surface area contributed by atoms with Crippen LogP contribution in [0.4, 0.5) is 5.13 Å². The molecule has 0 fully saturated rings. The van der Waals surface area contributed by atoms with E-state index < -0.39 is 0 Å². The Hall–Kier alpha value is -3.06. The van der Waals surface area contributed by atoms with Crippen LogP contribution in [-0.4, -0.2) is 25.7 Å². The quantitative estimate of drug-likeness (QED) is 0.541. The molecule has 27 heavy (non-hydrogen) atoms. The minimum Gasteiger partial charge on any atom is -0.278 e. The Labute approximate surface area is 161 Å². The van der Waals surface area contributed by atoms with Crippen LogP contribution < -0.4 is 4.90 Å². The number of aromatic nitrogens is 4. The Morgan fingerprint density at radius 3 is 2.67 bits per heavy atom. The van der Waals surface area contributed by atoms with E-state index in [9.17, 15) is 4.79 Å². The molecule has 0 aliphatic rings. The summed E-state index contributed by atoms with van der Waals surface area (Å²) in [6.07, 6.45) is 5.20. The highest BCUT2D eigenvalue weighted by Gasteiger charge is 2.26. The van der Waals surface area contributed by atoms with Gasteiger partial charge in [0.2, 0.25) is 0 Å². The molecule has 0 aliphatic carbocycles. The van der Waals surface area contributed by atoms with Crippen LogP contribution in [0.2, 0.25) is 0 Å². The monoisotopic (exact) mass is 377 g/mol. The second-order valence-electron chi connectivity index (χ2n) is 6.47. The van der Waals surface area contributed by atoms with Crippen LogP contribution in [0.1, 0.15) is 27.2 Å². The first-order valence-electron chi connectivity index (χ1n) is 8.60. The lowest BCUT2D eigenvalue weighted by Gasteiger charge is -2.20. The van der Waals surface area contributed by atoms with Gasteiger partial charge in [0, 0.05) is 19.4 Å². The second kappa shape index (κ2) is 6.92. The SMILES string of the molecule is Cc1cnn(C)c1C(=O)N(Cc1cccnc1)c1nc2c(C)cccc2s1. The number of carbonyl (C=O) groups excluding carboxylic acids is 1. The number of anilines is 1. The average Bonchev–Trinajstić information content (AvgIpc) is 3.24. The summed E-state index contributed by atoms with van der Waals surface area (Å²) in [5.41, 5.74) is 4.39. The van der Waals surface area contributed by atoms with E-state index in [1.807, 2.05) is 44.2 Å². The summed E-state index contributed by atoms with van der Waals surface area (Å²) in [4.78, 5) is 24.1. The van der Waals surface area contributed by atoms with E-state index in [2.05, 4.69) is 10.1 Å². The van der Waals surface area contributed by atoms with Crippen LogP contribution in [0.3, 0.4) is 0 Å². The first-order valence-corrected chi connectivity index (χ1v) is 9.42. The summed E-state index contributed by atoms with van der Waals surface area (Å²) in [6.45, 7) is 4.32. The van der Waals surface area contributed by atoms with Crippen molar-refractivity contribution in [3.05, 3.63) is 71.3 Å². The molecule has 0 saturated heterocycles. The number of amides is 1. The first kappa shape index (κ1) is 17.4. The fourth-order valence-electron chi connectivity index (χ4n) is 3.07. The lowest BCUT2D eigenvalue weighted by Crippen LogP contribution is -2.32. The number of hydrogen-bond donors (Lipinski definition) is 0. The number of thiazole rings is 1. The third kappa shape index (κ3) is 3.21. The molecule has 4 aromatic rings. The van der Waals surface area contributed by atoms with Gasteiger partial charge in [-0.15, -0.1) is 0 Å². The van der Waals surface area contributed by atoms with Gasteiger partial charge < -0.3 is 0 Å². The summed E-state index contributed by atoms with van der Waals surface area (Å²) in [5.74, 6) is -0.118. The minimum atomic E-state index is -0.118. The van der Waals surface area contributed by atoms with Crippen molar-refractivity contribution in [3.63, 3.8) is 0 Å². The van der Waals surface area contributed by atoms with Crippen molar-refractivity contribution in [1.82, 2.24) is 19.7 Å². The summed E-state index contributed by atoms with van der Waals surface area (Å²) >= 11 is 1.52. The number of nitrogens with zero attached hydrogens (tertiary/aromatic N) is 5. The third-order valence-electron chi connectivity index (χ3n) is 4.47. The Bertz CT molecular complexity index is 1100. The number of para-hydroxylation sites is 1. The highest BCUT2D eigenvalue weighted by Crippen LogP contribution is 2.32. The smallest absolute Gasteiger partial charge is 0.278 e. The average molecular weight is 377 g/mol. The number of hydrogen-bond acceptors (Lipinski definition) is 5. The van der Waals surface area contributed by atoms with Gasteiger partial charge in [0.1, 0.15) is 5.69 Å². The number of pyridine rings is 1. The predicted octanol–water partition coefficient (Wildman–Crippen LogP) is 3.89. The van der Waals surface area contributed by atoms with E-state index in [-0.39, 0.29) is 5.91 Å². The molecule has 1 amide bonds. The zero-order valence-electron chi connectivity index (χ0n) is 15.4. The number of carbonyl (C=O) groups is 1. The van der Waals surface area contributed by atoms with Crippen LogP contribution in [0, 0.1) is 13.8 Å². The number of aryl methyl sites for hydroxylation is 3. The molecule has 6 nitrogen and oxygen atoms in total. The fraction of sp³-hybridized carbons (Fsp3) is 0.200. The summed E-state index contributed by atoms with van der Waals surface area (Å²) in [7, 11) is 1.78. The number of benzene rings is 1. The lowest BCUT2D eigenvalue weighted by molar-refractivity contribution is 0.0975. The molecule has 1 aromatic carbocycles. The largest absolute Gasteiger partial charge is 0.278 e. The maximum absolute atomic E-state index is 13.4. The van der Waals surface area contributed by atoms with Gasteiger partial charge in [-0.3, -0.25) is 19.4 Å². The second-order valence-corrected chi connectivity index (χ2v) is 7.48. The number of rotatable bonds is 4. The summed E-state index contributed by atoms with van der Waals surface area (Å²) < 4.78 is 2.68. The lowest BCUT2D eigenvalue weighted by atomic mass is 10.2. The third-order valence-corrected chi connectivity index (χ3v) is 5.52. The van der Waals surface area contributed by atoms with Crippen molar-refractivity contribution >= 4 is 32.6 Å². The molecule has 3 aromatic heterocycles. The van der Waals surface area contributed by atoms with Crippen molar-refractivity contribution in [2.75, 3.05) is 4.90 Å². The standard InChI is InChI=1S/C20H19N5OS/c1-13-6-4-8-16-17(13)23-20(27-16)25(12-15-7-5-9-21-11-15)19(26)18-14(2)10-22-24(18)3/h4-11H,12H2,1-3H3. The molecule has 0 radical (unpaired) electrons. The normalized spacial score (nSPS) is 11.1. The molecule has 0 bridgehead atoms. The van der Waals surface area contributed by atoms with Crippen LogP contribution in [0.25, 0.3) is 10.2 Å². The molecule has 0 aliphatic heterocycles. The van der Waals surface area contributed by atoms with Crippen molar-refractivity contribution < 1.29 is 4.79 Å². The van der Waals surface area contributed by atoms with Gasteiger partial charge in [-0.1, -0.05) is 29.5 Å². The van der Waals surface area contributed by atoms with E-state index in [4.69, 9.17) is 4.98 Å². The summed E-state index contributed by atoms with van der Waals surface area (Å²) in [6, 6.07) is 9.91. The first-order chi connectivity index (χ1) is 13.0. The maximum Gasteiger partial charge on any atom is 0.278 e. The molecule has 0 spiro atoms. The van der Waals surface area contributed by atoms with Crippen LogP contribution >= 0.6 is 11.3 Å². The van der Waals surface area contributed by atoms with E-state index >= 15 is 0 Å². The molecular formula is C20H19N5OS. The minimum absolute atomic E-state index is 0.118. The molecule has 4 rings (SSSR count). The van der Waals surface area contributed by atoms with E-state index in [1.165, 1.54) is 11.3 Å². The predicted molar refractivity (Wildman–Crippen MR) is 107 cm³/mol. The van der Waals surface area contributed by atoms with Crippen molar-refractivity contribution in [2.24, 2.45) is 7.05 Å². The molecule has 7 heteroatoms. The molecule has 0 saturated carbocycles. The Balaban J connectivity index is 1.82. The van der Waals surface area contributed by atoms with Crippen molar-refractivity contribution in [1.29, 1.82) is 0 Å². The molecular weight excluding hydrogens is 358 g/mol. The Kier molecular flexibility index (Phi) is 4.45. The molecule has 0 atom stereocenters. The highest BCUT2D eigenvalue weighted by atomic mass is 32.1. The van der Waals surface area contributed by atoms with Gasteiger partial charge in [-0.2, -0.15) is 5.10 Å². The van der Waals surface area contributed by atoms with Crippen molar-refractivity contribution in [2.45, 2.75) is 20.4 Å². The van der Waals surface area contributed by atoms with Gasteiger partial charge in [-0.05, 0) is 42.7 Å². The topological polar surface area (TPSA) is 63.9 Å². The van der Waals surface area contributed by atoms with Gasteiger partial charge in [0.05, 0.1) is 23.0 Å². The summed E-state index contributed by atoms with van der Waals surface area (Å²) in [5, 5.41) is 4.89. The van der Waals surface area contributed by atoms with Crippen molar-refractivity contribution in [3.8, 4) is 0 Å². The molecule has 0 unspecified atom stereocenters.